The lowest BCUT2D eigenvalue weighted by atomic mass is 9.99. The molecule has 0 bridgehead atoms. The van der Waals surface area contributed by atoms with Crippen LogP contribution in [-0.4, -0.2) is 96.7 Å². The van der Waals surface area contributed by atoms with Crippen molar-refractivity contribution in [3.63, 3.8) is 0 Å². The summed E-state index contributed by atoms with van der Waals surface area (Å²) in [5.41, 5.74) is 0. The third-order valence-corrected chi connectivity index (χ3v) is 18.8. The molecule has 0 rings (SSSR count). The van der Waals surface area contributed by atoms with E-state index >= 15 is 0 Å². The molecular weight excluding hydrogens is 1200 g/mol. The first-order valence-corrected chi connectivity index (χ1v) is 40.2. The Bertz CT molecular complexity index is 1800. The fourth-order valence-corrected chi connectivity index (χ4v) is 12.4. The lowest BCUT2D eigenvalue weighted by Crippen LogP contribution is -2.30. The van der Waals surface area contributed by atoms with E-state index in [1.54, 1.807) is 0 Å². The maximum Gasteiger partial charge on any atom is 0.472 e. The first kappa shape index (κ1) is 89.1. The lowest BCUT2D eigenvalue weighted by Gasteiger charge is -2.21. The Kier molecular flexibility index (Phi) is 60.3. The Morgan fingerprint density at radius 2 is 0.527 bits per heavy atom. The van der Waals surface area contributed by atoms with E-state index in [0.717, 1.165) is 114 Å². The minimum Gasteiger partial charge on any atom is -0.462 e. The van der Waals surface area contributed by atoms with Gasteiger partial charge in [-0.25, -0.2) is 9.13 Å². The van der Waals surface area contributed by atoms with Crippen molar-refractivity contribution in [2.24, 2.45) is 23.7 Å². The Hall–Kier alpha value is -1.94. The Balaban J connectivity index is 5.25. The quantitative estimate of drug-likeness (QED) is 0.0222. The molecule has 0 aliphatic rings. The minimum absolute atomic E-state index is 0.104. The molecular formula is C72H140O17P2. The highest BCUT2D eigenvalue weighted by molar-refractivity contribution is 7.47. The molecule has 19 heteroatoms. The van der Waals surface area contributed by atoms with Crippen molar-refractivity contribution in [2.75, 3.05) is 39.6 Å². The molecule has 4 unspecified atom stereocenters. The van der Waals surface area contributed by atoms with Crippen LogP contribution in [-0.2, 0) is 65.4 Å². The second-order valence-electron chi connectivity index (χ2n) is 27.6. The van der Waals surface area contributed by atoms with Gasteiger partial charge in [0.1, 0.15) is 19.3 Å². The van der Waals surface area contributed by atoms with Gasteiger partial charge in [0.25, 0.3) is 0 Å². The van der Waals surface area contributed by atoms with Crippen LogP contribution >= 0.6 is 15.6 Å². The Labute approximate surface area is 556 Å². The van der Waals surface area contributed by atoms with Gasteiger partial charge < -0.3 is 33.8 Å². The molecule has 0 saturated carbocycles. The van der Waals surface area contributed by atoms with Gasteiger partial charge in [0, 0.05) is 25.7 Å². The van der Waals surface area contributed by atoms with E-state index in [4.69, 9.17) is 37.0 Å². The summed E-state index contributed by atoms with van der Waals surface area (Å²) in [4.78, 5) is 72.6. The zero-order chi connectivity index (χ0) is 67.5. The molecule has 0 amide bonds. The highest BCUT2D eigenvalue weighted by Gasteiger charge is 2.30. The number of carbonyl (C=O) groups is 4. The topological polar surface area (TPSA) is 237 Å². The summed E-state index contributed by atoms with van der Waals surface area (Å²) >= 11 is 0. The summed E-state index contributed by atoms with van der Waals surface area (Å²) < 4.78 is 68.4. The summed E-state index contributed by atoms with van der Waals surface area (Å²) in [5.74, 6) is 0.892. The van der Waals surface area contributed by atoms with Crippen LogP contribution in [0.5, 0.6) is 0 Å². The molecule has 0 saturated heterocycles. The summed E-state index contributed by atoms with van der Waals surface area (Å²) in [6.45, 7) is 14.1. The van der Waals surface area contributed by atoms with Crippen LogP contribution in [0.2, 0.25) is 0 Å². The molecule has 17 nitrogen and oxygen atoms in total. The molecule has 0 aromatic carbocycles. The van der Waals surface area contributed by atoms with E-state index in [0.29, 0.717) is 31.6 Å². The average molecular weight is 1340 g/mol. The minimum atomic E-state index is -4.95. The highest BCUT2D eigenvalue weighted by Crippen LogP contribution is 2.45. The van der Waals surface area contributed by atoms with Gasteiger partial charge in [-0.15, -0.1) is 0 Å². The number of aliphatic hydroxyl groups excluding tert-OH is 1. The Morgan fingerprint density at radius 3 is 0.780 bits per heavy atom. The molecule has 6 atom stereocenters. The number of esters is 4. The highest BCUT2D eigenvalue weighted by atomic mass is 31.2. The van der Waals surface area contributed by atoms with Crippen molar-refractivity contribution >= 4 is 39.5 Å². The summed E-state index contributed by atoms with van der Waals surface area (Å²) in [5, 5.41) is 10.6. The van der Waals surface area contributed by atoms with Crippen LogP contribution in [0, 0.1) is 23.7 Å². The molecule has 0 spiro atoms. The fourth-order valence-electron chi connectivity index (χ4n) is 10.8. The summed E-state index contributed by atoms with van der Waals surface area (Å²) in [6, 6.07) is 0. The molecule has 0 aliphatic carbocycles. The van der Waals surface area contributed by atoms with Gasteiger partial charge in [0.05, 0.1) is 26.4 Å². The van der Waals surface area contributed by atoms with E-state index in [1.165, 1.54) is 154 Å². The second-order valence-corrected chi connectivity index (χ2v) is 30.6. The van der Waals surface area contributed by atoms with Gasteiger partial charge in [0.2, 0.25) is 0 Å². The van der Waals surface area contributed by atoms with Crippen LogP contribution in [0.4, 0.5) is 0 Å². The van der Waals surface area contributed by atoms with Crippen LogP contribution in [0.15, 0.2) is 0 Å². The lowest BCUT2D eigenvalue weighted by molar-refractivity contribution is -0.161. The molecule has 540 valence electrons. The number of aliphatic hydroxyl groups is 1. The van der Waals surface area contributed by atoms with Gasteiger partial charge in [0.15, 0.2) is 12.2 Å². The SMILES string of the molecule is CCC(C)CCCCCCCCCCC(=O)O[C@H](COC(=O)CCCCCCCCCCCCC(C)C)COP(=O)(O)OCC(O)COP(=O)(O)OC[C@@H](COC(=O)CCCCCCCCCC(C)C)OC(=O)CCCCCCCCCCCCCCCC(C)C. The van der Waals surface area contributed by atoms with E-state index in [-0.39, 0.29) is 25.7 Å². The van der Waals surface area contributed by atoms with Crippen LogP contribution in [0.25, 0.3) is 0 Å². The molecule has 0 fully saturated rings. The molecule has 0 heterocycles. The third kappa shape index (κ3) is 65.1. The average Bonchev–Trinajstić information content (AvgIpc) is 3.36. The first-order chi connectivity index (χ1) is 43.6. The smallest absolute Gasteiger partial charge is 0.462 e. The van der Waals surface area contributed by atoms with Gasteiger partial charge in [-0.05, 0) is 49.4 Å². The molecule has 0 aliphatic heterocycles. The van der Waals surface area contributed by atoms with Gasteiger partial charge in [-0.1, -0.05) is 306 Å². The second kappa shape index (κ2) is 61.6. The van der Waals surface area contributed by atoms with E-state index < -0.39 is 97.5 Å². The van der Waals surface area contributed by atoms with Crippen molar-refractivity contribution < 1.29 is 80.2 Å². The number of ether oxygens (including phenoxy) is 4. The largest absolute Gasteiger partial charge is 0.472 e. The predicted molar refractivity (Wildman–Crippen MR) is 367 cm³/mol. The summed E-state index contributed by atoms with van der Waals surface area (Å²) in [6.07, 6.45) is 44.4. The van der Waals surface area contributed by atoms with Crippen LogP contribution in [0.3, 0.4) is 0 Å². The number of hydrogen-bond acceptors (Lipinski definition) is 15. The molecule has 0 radical (unpaired) electrons. The predicted octanol–water partition coefficient (Wildman–Crippen LogP) is 20.5. The van der Waals surface area contributed by atoms with E-state index in [9.17, 15) is 43.2 Å². The van der Waals surface area contributed by atoms with Crippen molar-refractivity contribution in [1.29, 1.82) is 0 Å². The zero-order valence-electron chi connectivity index (χ0n) is 59.5. The van der Waals surface area contributed by atoms with E-state index in [1.807, 2.05) is 0 Å². The number of phosphoric ester groups is 2. The normalized spacial score (nSPS) is 14.5. The standard InChI is InChI=1S/C72H140O17P2/c1-9-65(8)51-43-35-27-21-22-30-39-47-55-72(77)89-67(58-82-69(74)52-44-36-28-19-16-15-18-25-33-41-49-63(4)5)60-86-90(78,79)84-56-66(73)57-85-91(80,81)87-61-68(59-83-70(75)53-45-37-31-23-26-34-42-50-64(6)7)88-71(76)54-46-38-29-20-14-12-10-11-13-17-24-32-40-48-62(2)3/h62-68,73H,9-61H2,1-8H3,(H,78,79)(H,80,81)/t65?,66?,67-,68-/m1/s1. The van der Waals surface area contributed by atoms with E-state index in [2.05, 4.69) is 55.4 Å². The number of rotatable bonds is 69. The zero-order valence-corrected chi connectivity index (χ0v) is 61.3. The van der Waals surface area contributed by atoms with Crippen molar-refractivity contribution in [3.8, 4) is 0 Å². The molecule has 0 aromatic rings. The monoisotopic (exact) mass is 1340 g/mol. The number of carbonyl (C=O) groups excluding carboxylic acids is 4. The van der Waals surface area contributed by atoms with Crippen molar-refractivity contribution in [3.05, 3.63) is 0 Å². The molecule has 3 N–H and O–H groups in total. The molecule has 91 heavy (non-hydrogen) atoms. The number of unbranched alkanes of at least 4 members (excludes halogenated alkanes) is 34. The van der Waals surface area contributed by atoms with Crippen molar-refractivity contribution in [2.45, 2.75) is 375 Å². The maximum atomic E-state index is 13.0. The first-order valence-electron chi connectivity index (χ1n) is 37.2. The number of phosphoric acid groups is 2. The van der Waals surface area contributed by atoms with Crippen LogP contribution in [0.1, 0.15) is 357 Å². The number of hydrogen-bond donors (Lipinski definition) is 3. The van der Waals surface area contributed by atoms with Crippen molar-refractivity contribution in [1.82, 2.24) is 0 Å². The third-order valence-electron chi connectivity index (χ3n) is 16.9. The molecule has 0 aromatic heterocycles. The van der Waals surface area contributed by atoms with Gasteiger partial charge in [-0.2, -0.15) is 0 Å². The van der Waals surface area contributed by atoms with Crippen LogP contribution < -0.4 is 0 Å². The summed E-state index contributed by atoms with van der Waals surface area (Å²) in [7, 11) is -9.91. The van der Waals surface area contributed by atoms with Gasteiger partial charge in [-0.3, -0.25) is 37.3 Å². The maximum absolute atomic E-state index is 13.0. The fraction of sp³-hybridized carbons (Fsp3) is 0.944. The van der Waals surface area contributed by atoms with Gasteiger partial charge >= 0.3 is 39.5 Å². The Morgan fingerprint density at radius 1 is 0.308 bits per heavy atom.